The standard InChI is InChI=1S/C13H15NS/c1-5-7-8-11(10(3)4)12(9-14)13(15)6-2/h5-8,15H,2-3H2,1,4H3/b7-5-,11-8+,13-12+. The SMILES string of the molecule is C=C\C(S)=C(C#N)/C(=C/C=C\C)C(=C)C. The van der Waals surface area contributed by atoms with Crippen LogP contribution in [0, 0.1) is 11.3 Å². The van der Waals surface area contributed by atoms with Gasteiger partial charge in [-0.15, -0.1) is 12.6 Å². The van der Waals surface area contributed by atoms with Crippen LogP contribution in [0.4, 0.5) is 0 Å². The molecule has 0 aliphatic heterocycles. The number of nitriles is 1. The van der Waals surface area contributed by atoms with E-state index >= 15 is 0 Å². The summed E-state index contributed by atoms with van der Waals surface area (Å²) in [6.07, 6.45) is 7.16. The molecule has 0 saturated carbocycles. The lowest BCUT2D eigenvalue weighted by molar-refractivity contribution is 1.37. The molecule has 0 radical (unpaired) electrons. The summed E-state index contributed by atoms with van der Waals surface area (Å²) in [7, 11) is 0. The second kappa shape index (κ2) is 6.92. The first kappa shape index (κ1) is 13.5. The first-order valence-corrected chi connectivity index (χ1v) is 4.98. The molecule has 0 heterocycles. The second-order valence-electron chi connectivity index (χ2n) is 2.96. The fraction of sp³-hybridized carbons (Fsp3) is 0.154. The van der Waals surface area contributed by atoms with Crippen LogP contribution in [0.5, 0.6) is 0 Å². The molecule has 0 rings (SSSR count). The molecule has 0 bridgehead atoms. The molecule has 0 aromatic carbocycles. The van der Waals surface area contributed by atoms with E-state index in [0.29, 0.717) is 10.5 Å². The van der Waals surface area contributed by atoms with Gasteiger partial charge in [0.15, 0.2) is 0 Å². The normalized spacial score (nSPS) is 13.3. The first-order valence-electron chi connectivity index (χ1n) is 4.53. The molecule has 0 atom stereocenters. The van der Waals surface area contributed by atoms with Crippen molar-refractivity contribution in [3.63, 3.8) is 0 Å². The van der Waals surface area contributed by atoms with Crippen LogP contribution in [0.3, 0.4) is 0 Å². The monoisotopic (exact) mass is 217 g/mol. The minimum absolute atomic E-state index is 0.499. The third-order valence-corrected chi connectivity index (χ3v) is 2.15. The van der Waals surface area contributed by atoms with Crippen LogP contribution in [0.2, 0.25) is 0 Å². The topological polar surface area (TPSA) is 23.8 Å². The lowest BCUT2D eigenvalue weighted by Gasteiger charge is -2.05. The summed E-state index contributed by atoms with van der Waals surface area (Å²) >= 11 is 4.19. The molecule has 2 heteroatoms. The van der Waals surface area contributed by atoms with E-state index in [1.54, 1.807) is 6.08 Å². The lowest BCUT2D eigenvalue weighted by Crippen LogP contribution is -1.90. The molecule has 0 N–H and O–H groups in total. The number of allylic oxidation sites excluding steroid dienone is 7. The maximum atomic E-state index is 9.04. The molecular formula is C13H15NS. The molecule has 0 spiro atoms. The van der Waals surface area contributed by atoms with Gasteiger partial charge in [0.1, 0.15) is 6.07 Å². The van der Waals surface area contributed by atoms with E-state index in [4.69, 9.17) is 5.26 Å². The van der Waals surface area contributed by atoms with Crippen molar-refractivity contribution in [2.45, 2.75) is 13.8 Å². The Kier molecular flexibility index (Phi) is 6.24. The fourth-order valence-electron chi connectivity index (χ4n) is 0.989. The van der Waals surface area contributed by atoms with Gasteiger partial charge in [0, 0.05) is 4.91 Å². The maximum Gasteiger partial charge on any atom is 0.101 e. The molecule has 0 aromatic heterocycles. The van der Waals surface area contributed by atoms with Crippen molar-refractivity contribution >= 4 is 12.6 Å². The Hall–Kier alpha value is -1.46. The molecule has 0 unspecified atom stereocenters. The van der Waals surface area contributed by atoms with Gasteiger partial charge in [-0.3, -0.25) is 0 Å². The Morgan fingerprint density at radius 2 is 2.07 bits per heavy atom. The van der Waals surface area contributed by atoms with Gasteiger partial charge in [-0.1, -0.05) is 37.5 Å². The van der Waals surface area contributed by atoms with Gasteiger partial charge in [0.05, 0.1) is 5.57 Å². The highest BCUT2D eigenvalue weighted by molar-refractivity contribution is 7.84. The zero-order chi connectivity index (χ0) is 11.8. The van der Waals surface area contributed by atoms with Crippen LogP contribution in [0.1, 0.15) is 13.8 Å². The number of nitrogens with zero attached hydrogens (tertiary/aromatic N) is 1. The van der Waals surface area contributed by atoms with E-state index < -0.39 is 0 Å². The molecule has 15 heavy (non-hydrogen) atoms. The molecule has 0 amide bonds. The van der Waals surface area contributed by atoms with Crippen molar-refractivity contribution in [3.05, 3.63) is 59.1 Å². The van der Waals surface area contributed by atoms with Gasteiger partial charge in [-0.2, -0.15) is 5.26 Å². The van der Waals surface area contributed by atoms with E-state index in [9.17, 15) is 0 Å². The van der Waals surface area contributed by atoms with Crippen molar-refractivity contribution in [2.75, 3.05) is 0 Å². The number of thiol groups is 1. The van der Waals surface area contributed by atoms with Crippen LogP contribution >= 0.6 is 12.6 Å². The van der Waals surface area contributed by atoms with Gasteiger partial charge in [-0.05, 0) is 25.0 Å². The molecule has 0 aliphatic carbocycles. The number of hydrogen-bond acceptors (Lipinski definition) is 2. The molecular weight excluding hydrogens is 202 g/mol. The van der Waals surface area contributed by atoms with Crippen molar-refractivity contribution in [3.8, 4) is 6.07 Å². The van der Waals surface area contributed by atoms with Crippen molar-refractivity contribution in [1.82, 2.24) is 0 Å². The maximum absolute atomic E-state index is 9.04. The summed E-state index contributed by atoms with van der Waals surface area (Å²) in [5.41, 5.74) is 2.12. The average Bonchev–Trinajstić information content (AvgIpc) is 2.22. The second-order valence-corrected chi connectivity index (χ2v) is 3.44. The van der Waals surface area contributed by atoms with Crippen LogP contribution in [0.25, 0.3) is 0 Å². The lowest BCUT2D eigenvalue weighted by atomic mass is 10.00. The quantitative estimate of drug-likeness (QED) is 0.430. The van der Waals surface area contributed by atoms with Gasteiger partial charge in [-0.25, -0.2) is 0 Å². The fourth-order valence-corrected chi connectivity index (χ4v) is 1.16. The highest BCUT2D eigenvalue weighted by Gasteiger charge is 2.07. The Bertz CT molecular complexity index is 389. The van der Waals surface area contributed by atoms with Crippen LogP contribution in [-0.4, -0.2) is 0 Å². The number of rotatable bonds is 4. The largest absolute Gasteiger partial charge is 0.192 e. The number of hydrogen-bond donors (Lipinski definition) is 1. The minimum Gasteiger partial charge on any atom is -0.192 e. The summed E-state index contributed by atoms with van der Waals surface area (Å²) in [6.45, 7) is 11.2. The van der Waals surface area contributed by atoms with Gasteiger partial charge in [0.2, 0.25) is 0 Å². The smallest absolute Gasteiger partial charge is 0.101 e. The van der Waals surface area contributed by atoms with Gasteiger partial charge in [0.25, 0.3) is 0 Å². The molecule has 0 aromatic rings. The van der Waals surface area contributed by atoms with E-state index in [1.165, 1.54) is 0 Å². The Morgan fingerprint density at radius 1 is 1.47 bits per heavy atom. The first-order chi connectivity index (χ1) is 7.08. The molecule has 1 nitrogen and oxygen atoms in total. The summed E-state index contributed by atoms with van der Waals surface area (Å²) in [4.78, 5) is 0.566. The van der Waals surface area contributed by atoms with Gasteiger partial charge < -0.3 is 0 Å². The highest BCUT2D eigenvalue weighted by atomic mass is 32.1. The zero-order valence-corrected chi connectivity index (χ0v) is 10.0. The average molecular weight is 217 g/mol. The Balaban J connectivity index is 5.55. The highest BCUT2D eigenvalue weighted by Crippen LogP contribution is 2.23. The van der Waals surface area contributed by atoms with E-state index in [2.05, 4.69) is 31.9 Å². The summed E-state index contributed by atoms with van der Waals surface area (Å²) in [5.74, 6) is 0. The van der Waals surface area contributed by atoms with E-state index in [0.717, 1.165) is 11.1 Å². The molecule has 0 saturated heterocycles. The van der Waals surface area contributed by atoms with Crippen LogP contribution in [-0.2, 0) is 0 Å². The van der Waals surface area contributed by atoms with Crippen molar-refractivity contribution < 1.29 is 0 Å². The third-order valence-electron chi connectivity index (χ3n) is 1.75. The predicted octanol–water partition coefficient (Wildman–Crippen LogP) is 3.96. The minimum atomic E-state index is 0.499. The van der Waals surface area contributed by atoms with E-state index in [-0.39, 0.29) is 0 Å². The van der Waals surface area contributed by atoms with Crippen LogP contribution in [0.15, 0.2) is 59.1 Å². The van der Waals surface area contributed by atoms with Crippen molar-refractivity contribution in [1.29, 1.82) is 5.26 Å². The zero-order valence-electron chi connectivity index (χ0n) is 9.12. The van der Waals surface area contributed by atoms with Crippen LogP contribution < -0.4 is 0 Å². The van der Waals surface area contributed by atoms with Crippen molar-refractivity contribution in [2.24, 2.45) is 0 Å². The van der Waals surface area contributed by atoms with E-state index in [1.807, 2.05) is 32.1 Å². The molecule has 0 fully saturated rings. The molecule has 0 aliphatic rings. The molecule has 78 valence electrons. The third kappa shape index (κ3) is 4.05. The Morgan fingerprint density at radius 3 is 2.40 bits per heavy atom. The Labute approximate surface area is 97.2 Å². The van der Waals surface area contributed by atoms with Gasteiger partial charge >= 0.3 is 0 Å². The summed E-state index contributed by atoms with van der Waals surface area (Å²) < 4.78 is 0. The summed E-state index contributed by atoms with van der Waals surface area (Å²) in [6, 6.07) is 2.11. The summed E-state index contributed by atoms with van der Waals surface area (Å²) in [5, 5.41) is 9.04. The predicted molar refractivity (Wildman–Crippen MR) is 69.5 cm³/mol.